The lowest BCUT2D eigenvalue weighted by Gasteiger charge is -2.06. The highest BCUT2D eigenvalue weighted by molar-refractivity contribution is 5.62. The largest absolute Gasteiger partial charge is 0.546 e. The third-order valence-electron chi connectivity index (χ3n) is 4.66. The first kappa shape index (κ1) is 20.7. The Morgan fingerprint density at radius 2 is 1.58 bits per heavy atom. The van der Waals surface area contributed by atoms with Crippen molar-refractivity contribution in [2.75, 3.05) is 0 Å². The van der Waals surface area contributed by atoms with Gasteiger partial charge in [-0.15, -0.1) is 0 Å². The van der Waals surface area contributed by atoms with E-state index in [0.29, 0.717) is 0 Å². The molecular weight excluding hydrogens is 300 g/mol. The van der Waals surface area contributed by atoms with E-state index < -0.39 is 5.97 Å². The Morgan fingerprint density at radius 1 is 1.00 bits per heavy atom. The van der Waals surface area contributed by atoms with Crippen molar-refractivity contribution >= 4 is 5.97 Å². The second-order valence-electron chi connectivity index (χ2n) is 6.92. The predicted octanol–water partition coefficient (Wildman–Crippen LogP) is 3.32. The van der Waals surface area contributed by atoms with Crippen LogP contribution in [0.5, 0.6) is 0 Å². The standard InChI is InChI=1S/C20H36N2O2/c1-4-6-7-8-9-10-11-12-13-14-19-21(17-20(23)24)16-18(3)22(19)15-5-2/h16H,4-15,17H2,1-3H3. The van der Waals surface area contributed by atoms with Crippen LogP contribution in [-0.2, 0) is 24.3 Å². The van der Waals surface area contributed by atoms with Gasteiger partial charge >= 0.3 is 0 Å². The minimum absolute atomic E-state index is 0.0374. The molecule has 0 aliphatic heterocycles. The van der Waals surface area contributed by atoms with E-state index in [1.807, 2.05) is 10.8 Å². The summed E-state index contributed by atoms with van der Waals surface area (Å²) in [6.45, 7) is 7.39. The summed E-state index contributed by atoms with van der Waals surface area (Å²) >= 11 is 0. The third-order valence-corrected chi connectivity index (χ3v) is 4.66. The van der Waals surface area contributed by atoms with E-state index in [0.717, 1.165) is 37.3 Å². The molecular formula is C20H36N2O2. The van der Waals surface area contributed by atoms with Crippen LogP contribution in [0.2, 0.25) is 0 Å². The molecule has 4 heteroatoms. The second kappa shape index (κ2) is 12.1. The lowest BCUT2D eigenvalue weighted by Crippen LogP contribution is -2.45. The van der Waals surface area contributed by atoms with Gasteiger partial charge in [-0.1, -0.05) is 65.2 Å². The van der Waals surface area contributed by atoms with Crippen LogP contribution >= 0.6 is 0 Å². The van der Waals surface area contributed by atoms with Crippen LogP contribution in [-0.4, -0.2) is 10.5 Å². The summed E-state index contributed by atoms with van der Waals surface area (Å²) in [5, 5.41) is 11.0. The van der Waals surface area contributed by atoms with E-state index in [9.17, 15) is 9.90 Å². The first-order valence-corrected chi connectivity index (χ1v) is 9.88. The van der Waals surface area contributed by atoms with Gasteiger partial charge in [-0.25, -0.2) is 9.13 Å². The molecule has 1 rings (SSSR count). The van der Waals surface area contributed by atoms with Gasteiger partial charge in [0.15, 0.2) is 0 Å². The molecule has 0 saturated carbocycles. The average molecular weight is 337 g/mol. The molecule has 0 fully saturated rings. The molecule has 1 heterocycles. The normalized spacial score (nSPS) is 11.1. The SMILES string of the molecule is CCCCCCCCCCCc1n(CCC)c(C)c[n+]1CC(=O)[O-]. The number of hydrogen-bond donors (Lipinski definition) is 0. The smallest absolute Gasteiger partial charge is 0.256 e. The lowest BCUT2D eigenvalue weighted by molar-refractivity contribution is -0.697. The topological polar surface area (TPSA) is 48.9 Å². The second-order valence-corrected chi connectivity index (χ2v) is 6.92. The number of aryl methyl sites for hydroxylation is 1. The molecule has 0 amide bonds. The molecule has 0 aromatic carbocycles. The van der Waals surface area contributed by atoms with Gasteiger partial charge in [-0.05, 0) is 12.8 Å². The van der Waals surface area contributed by atoms with Crippen molar-refractivity contribution < 1.29 is 14.5 Å². The summed E-state index contributed by atoms with van der Waals surface area (Å²) in [5.41, 5.74) is 1.14. The van der Waals surface area contributed by atoms with Crippen molar-refractivity contribution in [1.82, 2.24) is 4.57 Å². The van der Waals surface area contributed by atoms with Gasteiger partial charge in [-0.2, -0.15) is 0 Å². The zero-order chi connectivity index (χ0) is 17.8. The Bertz CT molecular complexity index is 480. The minimum atomic E-state index is -1.01. The zero-order valence-corrected chi connectivity index (χ0v) is 16.0. The van der Waals surface area contributed by atoms with Crippen molar-refractivity contribution in [3.05, 3.63) is 17.7 Å². The number of hydrogen-bond acceptors (Lipinski definition) is 2. The molecule has 0 N–H and O–H groups in total. The summed E-state index contributed by atoms with van der Waals surface area (Å²) in [6, 6.07) is 0. The van der Waals surface area contributed by atoms with Gasteiger partial charge < -0.3 is 9.90 Å². The molecule has 0 bridgehead atoms. The van der Waals surface area contributed by atoms with Crippen molar-refractivity contribution in [3.63, 3.8) is 0 Å². The monoisotopic (exact) mass is 336 g/mol. The van der Waals surface area contributed by atoms with Crippen molar-refractivity contribution in [3.8, 4) is 0 Å². The molecule has 0 radical (unpaired) electrons. The number of aromatic nitrogens is 2. The molecule has 1 aromatic heterocycles. The Labute approximate surface area is 147 Å². The number of carbonyl (C=O) groups excluding carboxylic acids is 1. The molecule has 0 spiro atoms. The van der Waals surface area contributed by atoms with Crippen LogP contribution in [0.25, 0.3) is 0 Å². The summed E-state index contributed by atoms with van der Waals surface area (Å²) in [4.78, 5) is 11.0. The summed E-state index contributed by atoms with van der Waals surface area (Å²) in [5.74, 6) is 0.128. The number of imidazole rings is 1. The van der Waals surface area contributed by atoms with Crippen molar-refractivity contribution in [2.45, 2.75) is 104 Å². The summed E-state index contributed by atoms with van der Waals surface area (Å²) in [7, 11) is 0. The van der Waals surface area contributed by atoms with Gasteiger partial charge in [0.25, 0.3) is 5.82 Å². The summed E-state index contributed by atoms with van der Waals surface area (Å²) in [6.07, 6.45) is 15.7. The highest BCUT2D eigenvalue weighted by Crippen LogP contribution is 2.12. The lowest BCUT2D eigenvalue weighted by atomic mass is 10.1. The van der Waals surface area contributed by atoms with Crippen LogP contribution < -0.4 is 9.67 Å². The van der Waals surface area contributed by atoms with Gasteiger partial charge in [0.05, 0.1) is 12.5 Å². The van der Waals surface area contributed by atoms with E-state index in [4.69, 9.17) is 0 Å². The highest BCUT2D eigenvalue weighted by atomic mass is 16.4. The van der Waals surface area contributed by atoms with Gasteiger partial charge in [0, 0.05) is 13.3 Å². The van der Waals surface area contributed by atoms with E-state index >= 15 is 0 Å². The average Bonchev–Trinajstić information content (AvgIpc) is 2.81. The maximum atomic E-state index is 11.0. The number of carboxylic acid groups (broad SMARTS) is 1. The quantitative estimate of drug-likeness (QED) is 0.386. The molecule has 0 aliphatic carbocycles. The summed E-state index contributed by atoms with van der Waals surface area (Å²) < 4.78 is 4.14. The molecule has 4 nitrogen and oxygen atoms in total. The fourth-order valence-corrected chi connectivity index (χ4v) is 3.41. The number of carboxylic acids is 1. The molecule has 0 aliphatic rings. The van der Waals surface area contributed by atoms with Crippen molar-refractivity contribution in [2.24, 2.45) is 0 Å². The first-order valence-electron chi connectivity index (χ1n) is 9.88. The van der Waals surface area contributed by atoms with Gasteiger partial charge in [0.1, 0.15) is 18.4 Å². The maximum Gasteiger partial charge on any atom is 0.256 e. The number of rotatable bonds is 14. The number of nitrogens with zero attached hydrogens (tertiary/aromatic N) is 2. The van der Waals surface area contributed by atoms with E-state index in [2.05, 4.69) is 25.3 Å². The van der Waals surface area contributed by atoms with Crippen molar-refractivity contribution in [1.29, 1.82) is 0 Å². The fraction of sp³-hybridized carbons (Fsp3) is 0.800. The minimum Gasteiger partial charge on any atom is -0.546 e. The molecule has 24 heavy (non-hydrogen) atoms. The molecule has 0 unspecified atom stereocenters. The van der Waals surface area contributed by atoms with Crippen LogP contribution in [0.1, 0.15) is 89.6 Å². The fourth-order valence-electron chi connectivity index (χ4n) is 3.41. The number of aliphatic carboxylic acids is 1. The van der Waals surface area contributed by atoms with E-state index in [1.165, 1.54) is 51.4 Å². The van der Waals surface area contributed by atoms with E-state index in [-0.39, 0.29) is 6.54 Å². The Morgan fingerprint density at radius 3 is 2.12 bits per heavy atom. The molecule has 0 atom stereocenters. The van der Waals surface area contributed by atoms with Gasteiger partial charge in [0.2, 0.25) is 0 Å². The molecule has 1 aromatic rings. The first-order chi connectivity index (χ1) is 11.6. The van der Waals surface area contributed by atoms with Crippen LogP contribution in [0.15, 0.2) is 6.20 Å². The number of unbranched alkanes of at least 4 members (excludes halogenated alkanes) is 8. The van der Waals surface area contributed by atoms with Gasteiger partial charge in [-0.3, -0.25) is 0 Å². The van der Waals surface area contributed by atoms with E-state index in [1.54, 1.807) is 0 Å². The number of carbonyl (C=O) groups is 1. The maximum absolute atomic E-state index is 11.0. The van der Waals surface area contributed by atoms with Crippen LogP contribution in [0, 0.1) is 6.92 Å². The Hall–Kier alpha value is -1.32. The van der Waals surface area contributed by atoms with Crippen LogP contribution in [0.4, 0.5) is 0 Å². The molecule has 0 saturated heterocycles. The third kappa shape index (κ3) is 7.50. The van der Waals surface area contributed by atoms with Crippen LogP contribution in [0.3, 0.4) is 0 Å². The molecule has 138 valence electrons. The Balaban J connectivity index is 2.41. The predicted molar refractivity (Wildman–Crippen MR) is 95.6 cm³/mol. The highest BCUT2D eigenvalue weighted by Gasteiger charge is 2.19. The Kier molecular flexibility index (Phi) is 10.4. The zero-order valence-electron chi connectivity index (χ0n) is 16.0.